The van der Waals surface area contributed by atoms with Gasteiger partial charge in [-0.2, -0.15) is 0 Å². The molecule has 2 aromatic rings. The number of nitro groups is 1. The number of aliphatic hydroxyl groups excluding tert-OH is 1. The van der Waals surface area contributed by atoms with Crippen LogP contribution in [0.25, 0.3) is 0 Å². The maximum Gasteiger partial charge on any atom is 0.288 e. The van der Waals surface area contributed by atoms with E-state index in [4.69, 9.17) is 27.9 Å². The van der Waals surface area contributed by atoms with Gasteiger partial charge in [0.05, 0.1) is 11.5 Å². The topological polar surface area (TPSA) is 72.6 Å². The van der Waals surface area contributed by atoms with E-state index in [1.54, 1.807) is 18.2 Å². The first kappa shape index (κ1) is 14.6. The van der Waals surface area contributed by atoms with E-state index in [9.17, 15) is 15.2 Å². The molecule has 20 heavy (non-hydrogen) atoms. The van der Waals surface area contributed by atoms with Crippen molar-refractivity contribution in [1.82, 2.24) is 0 Å². The van der Waals surface area contributed by atoms with Crippen LogP contribution in [0.15, 0.2) is 36.4 Å². The van der Waals surface area contributed by atoms with Gasteiger partial charge in [0.1, 0.15) is 16.5 Å². The first-order chi connectivity index (χ1) is 9.52. The molecule has 2 rings (SSSR count). The van der Waals surface area contributed by atoms with Crippen LogP contribution in [0.2, 0.25) is 10.0 Å². The first-order valence-corrected chi connectivity index (χ1v) is 6.28. The van der Waals surface area contributed by atoms with Crippen LogP contribution in [0.5, 0.6) is 11.5 Å². The van der Waals surface area contributed by atoms with E-state index >= 15 is 0 Å². The molecular weight excluding hydrogens is 305 g/mol. The Balaban J connectivity index is 2.34. The van der Waals surface area contributed by atoms with Gasteiger partial charge in [-0.25, -0.2) is 0 Å². The fourth-order valence-corrected chi connectivity index (χ4v) is 2.08. The Hall–Kier alpha value is -1.82. The molecular formula is C13H9Cl2NO4. The van der Waals surface area contributed by atoms with Crippen LogP contribution in [0.3, 0.4) is 0 Å². The molecule has 0 aliphatic carbocycles. The van der Waals surface area contributed by atoms with Crippen molar-refractivity contribution in [2.24, 2.45) is 0 Å². The molecule has 5 nitrogen and oxygen atoms in total. The summed E-state index contributed by atoms with van der Waals surface area (Å²) in [6.45, 7) is -0.282. The van der Waals surface area contributed by atoms with Gasteiger partial charge in [-0.1, -0.05) is 29.3 Å². The Morgan fingerprint density at radius 2 is 1.95 bits per heavy atom. The number of aliphatic hydroxyl groups is 1. The first-order valence-electron chi connectivity index (χ1n) is 5.53. The van der Waals surface area contributed by atoms with Gasteiger partial charge in [0.25, 0.3) is 5.69 Å². The van der Waals surface area contributed by atoms with E-state index in [0.29, 0.717) is 22.1 Å². The average Bonchev–Trinajstić information content (AvgIpc) is 2.38. The third-order valence-electron chi connectivity index (χ3n) is 2.58. The maximum atomic E-state index is 10.7. The van der Waals surface area contributed by atoms with Gasteiger partial charge < -0.3 is 9.84 Å². The molecule has 0 amide bonds. The van der Waals surface area contributed by atoms with Crippen LogP contribution in [-0.4, -0.2) is 10.0 Å². The Morgan fingerprint density at radius 3 is 2.55 bits per heavy atom. The van der Waals surface area contributed by atoms with E-state index < -0.39 is 4.92 Å². The van der Waals surface area contributed by atoms with E-state index in [-0.39, 0.29) is 17.3 Å². The second-order valence-corrected chi connectivity index (χ2v) is 4.66. The maximum absolute atomic E-state index is 10.7. The minimum Gasteiger partial charge on any atom is -0.457 e. The molecule has 0 heterocycles. The molecule has 0 aliphatic rings. The van der Waals surface area contributed by atoms with Gasteiger partial charge in [-0.15, -0.1) is 0 Å². The molecule has 0 saturated heterocycles. The summed E-state index contributed by atoms with van der Waals surface area (Å²) < 4.78 is 5.55. The molecule has 0 spiro atoms. The third-order valence-corrected chi connectivity index (χ3v) is 3.23. The van der Waals surface area contributed by atoms with Crippen molar-refractivity contribution in [1.29, 1.82) is 0 Å². The molecule has 0 fully saturated rings. The number of nitro benzene ring substituents is 1. The minimum absolute atomic E-state index is 0.0277. The lowest BCUT2D eigenvalue weighted by Gasteiger charge is -2.11. The summed E-state index contributed by atoms with van der Waals surface area (Å²) in [6, 6.07) is 8.94. The van der Waals surface area contributed by atoms with Crippen LogP contribution >= 0.6 is 23.2 Å². The fraction of sp³-hybridized carbons (Fsp3) is 0.0769. The highest BCUT2D eigenvalue weighted by atomic mass is 35.5. The van der Waals surface area contributed by atoms with Crippen LogP contribution < -0.4 is 4.74 Å². The van der Waals surface area contributed by atoms with Crippen molar-refractivity contribution in [3.63, 3.8) is 0 Å². The predicted octanol–water partition coefficient (Wildman–Crippen LogP) is 4.19. The third kappa shape index (κ3) is 3.01. The lowest BCUT2D eigenvalue weighted by molar-refractivity contribution is -0.384. The van der Waals surface area contributed by atoms with Gasteiger partial charge >= 0.3 is 0 Å². The molecule has 1 N–H and O–H groups in total. The highest BCUT2D eigenvalue weighted by Gasteiger charge is 2.14. The Bertz CT molecular complexity index is 661. The Kier molecular flexibility index (Phi) is 4.44. The standard InChI is InChI=1S/C13H9Cl2NO4/c14-10-2-1-3-13(9(10)7-17)20-8-4-5-12(16(18)19)11(15)6-8/h1-6,17H,7H2. The number of nitrogens with zero attached hydrogens (tertiary/aromatic N) is 1. The molecule has 0 radical (unpaired) electrons. The summed E-state index contributed by atoms with van der Waals surface area (Å²) in [5, 5.41) is 20.3. The normalized spacial score (nSPS) is 10.3. The van der Waals surface area contributed by atoms with Crippen molar-refractivity contribution >= 4 is 28.9 Å². The summed E-state index contributed by atoms with van der Waals surface area (Å²) >= 11 is 11.7. The number of hydrogen-bond donors (Lipinski definition) is 1. The zero-order valence-electron chi connectivity index (χ0n) is 10.0. The lowest BCUT2D eigenvalue weighted by Crippen LogP contribution is -1.94. The lowest BCUT2D eigenvalue weighted by atomic mass is 10.2. The van der Waals surface area contributed by atoms with Crippen LogP contribution in [-0.2, 0) is 6.61 Å². The highest BCUT2D eigenvalue weighted by molar-refractivity contribution is 6.32. The average molecular weight is 314 g/mol. The number of benzene rings is 2. The molecule has 0 atom stereocenters. The van der Waals surface area contributed by atoms with E-state index in [2.05, 4.69) is 0 Å². The Labute approximate surface area is 124 Å². The van der Waals surface area contributed by atoms with Crippen LogP contribution in [0.4, 0.5) is 5.69 Å². The zero-order valence-corrected chi connectivity index (χ0v) is 11.6. The minimum atomic E-state index is -0.579. The molecule has 7 heteroatoms. The summed E-state index contributed by atoms with van der Waals surface area (Å²) in [4.78, 5) is 10.1. The Morgan fingerprint density at radius 1 is 1.20 bits per heavy atom. The SMILES string of the molecule is O=[N+]([O-])c1ccc(Oc2cccc(Cl)c2CO)cc1Cl. The predicted molar refractivity (Wildman–Crippen MR) is 75.6 cm³/mol. The summed E-state index contributed by atoms with van der Waals surface area (Å²) in [5.74, 6) is 0.683. The number of halogens is 2. The van der Waals surface area contributed by atoms with E-state index in [0.717, 1.165) is 0 Å². The summed E-state index contributed by atoms with van der Waals surface area (Å²) in [6.07, 6.45) is 0. The van der Waals surface area contributed by atoms with Gasteiger partial charge in [0.15, 0.2) is 0 Å². The van der Waals surface area contributed by atoms with Gasteiger partial charge in [0, 0.05) is 22.7 Å². The smallest absolute Gasteiger partial charge is 0.288 e. The number of hydrogen-bond acceptors (Lipinski definition) is 4. The van der Waals surface area contributed by atoms with Crippen molar-refractivity contribution in [3.05, 3.63) is 62.1 Å². The summed E-state index contributed by atoms with van der Waals surface area (Å²) in [5.41, 5.74) is 0.233. The molecule has 0 bridgehead atoms. The highest BCUT2D eigenvalue weighted by Crippen LogP contribution is 2.34. The molecule has 0 aliphatic heterocycles. The largest absolute Gasteiger partial charge is 0.457 e. The van der Waals surface area contributed by atoms with Crippen molar-refractivity contribution < 1.29 is 14.8 Å². The van der Waals surface area contributed by atoms with Crippen molar-refractivity contribution in [3.8, 4) is 11.5 Å². The van der Waals surface area contributed by atoms with Gasteiger partial charge in [-0.3, -0.25) is 10.1 Å². The second kappa shape index (κ2) is 6.09. The zero-order chi connectivity index (χ0) is 14.7. The van der Waals surface area contributed by atoms with Gasteiger partial charge in [-0.05, 0) is 18.2 Å². The fourth-order valence-electron chi connectivity index (χ4n) is 1.61. The molecule has 2 aromatic carbocycles. The number of rotatable bonds is 4. The van der Waals surface area contributed by atoms with Crippen LogP contribution in [0.1, 0.15) is 5.56 Å². The quantitative estimate of drug-likeness (QED) is 0.678. The molecule has 0 unspecified atom stereocenters. The second-order valence-electron chi connectivity index (χ2n) is 3.85. The van der Waals surface area contributed by atoms with Crippen molar-refractivity contribution in [2.75, 3.05) is 0 Å². The van der Waals surface area contributed by atoms with E-state index in [1.807, 2.05) is 0 Å². The molecule has 104 valence electrons. The van der Waals surface area contributed by atoms with Gasteiger partial charge in [0.2, 0.25) is 0 Å². The monoisotopic (exact) mass is 313 g/mol. The molecule has 0 aromatic heterocycles. The number of ether oxygens (including phenoxy) is 1. The van der Waals surface area contributed by atoms with Crippen molar-refractivity contribution in [2.45, 2.75) is 6.61 Å². The van der Waals surface area contributed by atoms with Crippen LogP contribution in [0, 0.1) is 10.1 Å². The summed E-state index contributed by atoms with van der Waals surface area (Å²) in [7, 11) is 0. The van der Waals surface area contributed by atoms with E-state index in [1.165, 1.54) is 18.2 Å². The molecule has 0 saturated carbocycles.